The number of anilines is 4. The van der Waals surface area contributed by atoms with Crippen LogP contribution in [0.15, 0.2) is 77.2 Å². The van der Waals surface area contributed by atoms with Crippen molar-refractivity contribution in [2.24, 2.45) is 0 Å². The molecule has 8 nitrogen and oxygen atoms in total. The minimum atomic E-state index is -0.265. The van der Waals surface area contributed by atoms with Crippen molar-refractivity contribution < 1.29 is 18.7 Å². The van der Waals surface area contributed by atoms with Crippen LogP contribution in [0.3, 0.4) is 0 Å². The monoisotopic (exact) mass is 458 g/mol. The third kappa shape index (κ3) is 4.96. The van der Waals surface area contributed by atoms with E-state index in [0.717, 1.165) is 17.5 Å². The Morgan fingerprint density at radius 2 is 1.82 bits per heavy atom. The van der Waals surface area contributed by atoms with Crippen molar-refractivity contribution in [3.63, 3.8) is 0 Å². The van der Waals surface area contributed by atoms with Gasteiger partial charge in [-0.05, 0) is 48.5 Å². The van der Waals surface area contributed by atoms with E-state index in [0.29, 0.717) is 40.7 Å². The van der Waals surface area contributed by atoms with Gasteiger partial charge >= 0.3 is 0 Å². The highest BCUT2D eigenvalue weighted by atomic mass is 16.5. The van der Waals surface area contributed by atoms with Crippen LogP contribution in [0.4, 0.5) is 22.9 Å². The zero-order valence-electron chi connectivity index (χ0n) is 19.0. The second kappa shape index (κ2) is 9.99. The quantitative estimate of drug-likeness (QED) is 0.285. The molecule has 1 aromatic heterocycles. The molecule has 0 bridgehead atoms. The van der Waals surface area contributed by atoms with Gasteiger partial charge in [-0.1, -0.05) is 18.2 Å². The van der Waals surface area contributed by atoms with Crippen LogP contribution in [0.5, 0.6) is 5.75 Å². The van der Waals surface area contributed by atoms with Gasteiger partial charge in [-0.3, -0.25) is 14.5 Å². The van der Waals surface area contributed by atoms with Crippen LogP contribution < -0.4 is 25.6 Å². The van der Waals surface area contributed by atoms with Crippen LogP contribution in [-0.4, -0.2) is 39.6 Å². The van der Waals surface area contributed by atoms with E-state index in [1.165, 1.54) is 4.90 Å². The molecule has 174 valence electrons. The van der Waals surface area contributed by atoms with Crippen LogP contribution in [0, 0.1) is 0 Å². The Morgan fingerprint density at radius 3 is 2.53 bits per heavy atom. The lowest BCUT2D eigenvalue weighted by molar-refractivity contribution is -0.107. The van der Waals surface area contributed by atoms with Crippen LogP contribution in [0.2, 0.25) is 0 Å². The van der Waals surface area contributed by atoms with Gasteiger partial charge in [-0.15, -0.1) is 0 Å². The second-order valence-electron chi connectivity index (χ2n) is 7.88. The Balaban J connectivity index is 1.36. The van der Waals surface area contributed by atoms with Crippen LogP contribution in [0.1, 0.15) is 10.4 Å². The molecule has 0 radical (unpaired) electrons. The highest BCUT2D eigenvalue weighted by molar-refractivity contribution is 6.05. The number of nitrogen functional groups attached to an aromatic ring is 1. The molecule has 4 rings (SSSR count). The summed E-state index contributed by atoms with van der Waals surface area (Å²) in [6, 6.07) is 21.5. The molecular formula is C26H26N4O4. The number of carbonyl (C=O) groups is 2. The number of nitrogens with zero attached hydrogens (tertiary/aromatic N) is 2. The first kappa shape index (κ1) is 22.7. The molecule has 0 unspecified atom stereocenters. The number of hydrogen-bond acceptors (Lipinski definition) is 6. The molecule has 3 N–H and O–H groups in total. The molecule has 4 aromatic rings. The third-order valence-electron chi connectivity index (χ3n) is 5.34. The van der Waals surface area contributed by atoms with E-state index >= 15 is 0 Å². The number of furan rings is 1. The van der Waals surface area contributed by atoms with E-state index in [2.05, 4.69) is 5.32 Å². The summed E-state index contributed by atoms with van der Waals surface area (Å²) in [5, 5.41) is 3.72. The van der Waals surface area contributed by atoms with E-state index in [1.807, 2.05) is 43.3 Å². The molecule has 2 amide bonds. The molecule has 0 atom stereocenters. The van der Waals surface area contributed by atoms with Gasteiger partial charge in [0.1, 0.15) is 17.9 Å². The molecular weight excluding hydrogens is 432 g/mol. The summed E-state index contributed by atoms with van der Waals surface area (Å²) in [5.74, 6) is 0.773. The summed E-state index contributed by atoms with van der Waals surface area (Å²) in [7, 11) is 3.91. The van der Waals surface area contributed by atoms with Gasteiger partial charge < -0.3 is 25.1 Å². The SMILES string of the molecule is CN(C)c1cccc2oc(N(C=O)CCOc3ccc(C(=O)Nc4ccccc4N)cc3)cc12. The summed E-state index contributed by atoms with van der Waals surface area (Å²) in [6.45, 7) is 0.554. The first-order chi connectivity index (χ1) is 16.5. The summed E-state index contributed by atoms with van der Waals surface area (Å²) in [5.41, 5.74) is 9.12. The van der Waals surface area contributed by atoms with Gasteiger partial charge in [0, 0.05) is 36.8 Å². The molecule has 34 heavy (non-hydrogen) atoms. The first-order valence-electron chi connectivity index (χ1n) is 10.8. The summed E-state index contributed by atoms with van der Waals surface area (Å²) in [4.78, 5) is 27.6. The van der Waals surface area contributed by atoms with Crippen LogP contribution >= 0.6 is 0 Å². The van der Waals surface area contributed by atoms with Crippen molar-refractivity contribution in [1.82, 2.24) is 0 Å². The predicted octanol–water partition coefficient (Wildman–Crippen LogP) is 4.38. The smallest absolute Gasteiger partial charge is 0.255 e. The number of nitrogens with two attached hydrogens (primary N) is 1. The highest BCUT2D eigenvalue weighted by Gasteiger charge is 2.15. The Morgan fingerprint density at radius 1 is 1.06 bits per heavy atom. The van der Waals surface area contributed by atoms with E-state index in [4.69, 9.17) is 14.9 Å². The second-order valence-corrected chi connectivity index (χ2v) is 7.88. The van der Waals surface area contributed by atoms with Crippen molar-refractivity contribution in [3.8, 4) is 5.75 Å². The fourth-order valence-electron chi connectivity index (χ4n) is 3.55. The zero-order chi connectivity index (χ0) is 24.1. The normalized spacial score (nSPS) is 10.6. The maximum Gasteiger partial charge on any atom is 0.255 e. The molecule has 0 aliphatic carbocycles. The van der Waals surface area contributed by atoms with Crippen LogP contribution in [-0.2, 0) is 4.79 Å². The lowest BCUT2D eigenvalue weighted by atomic mass is 10.2. The fraction of sp³-hybridized carbons (Fsp3) is 0.154. The van der Waals surface area contributed by atoms with Gasteiger partial charge in [-0.25, -0.2) is 0 Å². The number of fused-ring (bicyclic) bond motifs is 1. The summed E-state index contributed by atoms with van der Waals surface area (Å²) in [6.07, 6.45) is 0.721. The van der Waals surface area contributed by atoms with Gasteiger partial charge in [0.05, 0.1) is 17.9 Å². The molecule has 0 saturated heterocycles. The van der Waals surface area contributed by atoms with Crippen molar-refractivity contribution >= 4 is 46.2 Å². The molecule has 0 aliphatic heterocycles. The molecule has 3 aromatic carbocycles. The Bertz CT molecular complexity index is 1300. The van der Waals surface area contributed by atoms with Crippen molar-refractivity contribution in [2.75, 3.05) is 48.1 Å². The maximum atomic E-state index is 12.5. The number of carbonyl (C=O) groups excluding carboxylic acids is 2. The number of amides is 2. The molecule has 0 spiro atoms. The number of benzene rings is 3. The number of ether oxygens (including phenoxy) is 1. The third-order valence-corrected chi connectivity index (χ3v) is 5.34. The topological polar surface area (TPSA) is 101 Å². The Hall–Kier alpha value is -4.46. The van der Waals surface area contributed by atoms with E-state index < -0.39 is 0 Å². The van der Waals surface area contributed by atoms with E-state index in [1.54, 1.807) is 48.5 Å². The van der Waals surface area contributed by atoms with Crippen molar-refractivity contribution in [1.29, 1.82) is 0 Å². The lowest BCUT2D eigenvalue weighted by Gasteiger charge is -2.15. The molecule has 0 saturated carbocycles. The van der Waals surface area contributed by atoms with Gasteiger partial charge in [0.25, 0.3) is 5.91 Å². The van der Waals surface area contributed by atoms with E-state index in [9.17, 15) is 9.59 Å². The minimum Gasteiger partial charge on any atom is -0.492 e. The Kier molecular flexibility index (Phi) is 6.68. The average molecular weight is 459 g/mol. The fourth-order valence-corrected chi connectivity index (χ4v) is 3.55. The molecule has 0 aliphatic rings. The molecule has 1 heterocycles. The largest absolute Gasteiger partial charge is 0.492 e. The van der Waals surface area contributed by atoms with Gasteiger partial charge in [-0.2, -0.15) is 0 Å². The van der Waals surface area contributed by atoms with Gasteiger partial charge in [0.15, 0.2) is 0 Å². The standard InChI is InChI=1S/C26H26N4O4/c1-29(2)23-8-5-9-24-20(23)16-25(34-24)30(17-31)14-15-33-19-12-10-18(11-13-19)26(32)28-22-7-4-3-6-21(22)27/h3-13,16-17H,14-15,27H2,1-2H3,(H,28,32). The highest BCUT2D eigenvalue weighted by Crippen LogP contribution is 2.32. The maximum absolute atomic E-state index is 12.5. The first-order valence-corrected chi connectivity index (χ1v) is 10.8. The van der Waals surface area contributed by atoms with E-state index in [-0.39, 0.29) is 12.5 Å². The minimum absolute atomic E-state index is 0.252. The number of nitrogens with one attached hydrogen (secondary N) is 1. The van der Waals surface area contributed by atoms with Crippen molar-refractivity contribution in [3.05, 3.63) is 78.4 Å². The summed E-state index contributed by atoms with van der Waals surface area (Å²) < 4.78 is 11.6. The van der Waals surface area contributed by atoms with Crippen molar-refractivity contribution in [2.45, 2.75) is 0 Å². The molecule has 0 fully saturated rings. The van der Waals surface area contributed by atoms with Gasteiger partial charge in [0.2, 0.25) is 12.3 Å². The number of hydrogen-bond donors (Lipinski definition) is 2. The Labute approximate surface area is 197 Å². The predicted molar refractivity (Wildman–Crippen MR) is 135 cm³/mol. The zero-order valence-corrected chi connectivity index (χ0v) is 19.0. The average Bonchev–Trinajstić information content (AvgIpc) is 3.27. The number of rotatable bonds is 9. The summed E-state index contributed by atoms with van der Waals surface area (Å²) >= 11 is 0. The molecule has 8 heteroatoms. The van der Waals surface area contributed by atoms with Crippen LogP contribution in [0.25, 0.3) is 11.0 Å². The number of para-hydroxylation sites is 2. The lowest BCUT2D eigenvalue weighted by Crippen LogP contribution is -2.26.